The van der Waals surface area contributed by atoms with Crippen molar-refractivity contribution in [3.05, 3.63) is 52.3 Å². The van der Waals surface area contributed by atoms with Crippen LogP contribution in [0.5, 0.6) is 0 Å². The van der Waals surface area contributed by atoms with Crippen LogP contribution in [0.4, 0.5) is 0 Å². The molecule has 126 valence electrons. The maximum absolute atomic E-state index is 12.3. The fraction of sp³-hybridized carbons (Fsp3) is 0.353. The highest BCUT2D eigenvalue weighted by Gasteiger charge is 2.06. The topological polar surface area (TPSA) is 75.6 Å². The molecular weight excluding hydrogens is 322 g/mol. The van der Waals surface area contributed by atoms with Crippen molar-refractivity contribution >= 4 is 22.7 Å². The van der Waals surface area contributed by atoms with Crippen molar-refractivity contribution in [2.75, 3.05) is 6.26 Å². The van der Waals surface area contributed by atoms with E-state index in [1.165, 1.54) is 0 Å². The van der Waals surface area contributed by atoms with E-state index < -0.39 is 0 Å². The van der Waals surface area contributed by atoms with Crippen molar-refractivity contribution in [2.45, 2.75) is 37.9 Å². The number of hydrogen-bond acceptors (Lipinski definition) is 5. The SMILES string of the molecule is CCCn1cnnc1CNCc1cc2ccc(SC)cc2[nH]c1=O. The molecule has 6 nitrogen and oxygen atoms in total. The van der Waals surface area contributed by atoms with Gasteiger partial charge >= 0.3 is 0 Å². The number of aromatic nitrogens is 4. The summed E-state index contributed by atoms with van der Waals surface area (Å²) < 4.78 is 2.03. The van der Waals surface area contributed by atoms with Gasteiger partial charge in [-0.1, -0.05) is 13.0 Å². The van der Waals surface area contributed by atoms with Crippen LogP contribution < -0.4 is 10.9 Å². The zero-order valence-electron chi connectivity index (χ0n) is 13.9. The Morgan fingerprint density at radius 3 is 2.96 bits per heavy atom. The zero-order chi connectivity index (χ0) is 16.9. The van der Waals surface area contributed by atoms with Crippen LogP contribution in [0.3, 0.4) is 0 Å². The number of fused-ring (bicyclic) bond motifs is 1. The number of rotatable bonds is 7. The first kappa shape index (κ1) is 16.7. The minimum absolute atomic E-state index is 0.0525. The number of aromatic amines is 1. The summed E-state index contributed by atoms with van der Waals surface area (Å²) in [5.74, 6) is 0.888. The molecule has 0 spiro atoms. The molecule has 2 heterocycles. The average molecular weight is 343 g/mol. The van der Waals surface area contributed by atoms with Gasteiger partial charge in [0.25, 0.3) is 5.56 Å². The van der Waals surface area contributed by atoms with E-state index in [9.17, 15) is 4.79 Å². The third-order valence-corrected chi connectivity index (χ3v) is 4.61. The predicted molar refractivity (Wildman–Crippen MR) is 97.2 cm³/mol. The number of aryl methyl sites for hydroxylation is 1. The molecule has 3 rings (SSSR count). The van der Waals surface area contributed by atoms with Crippen LogP contribution in [-0.2, 0) is 19.6 Å². The molecule has 0 aliphatic rings. The van der Waals surface area contributed by atoms with E-state index in [4.69, 9.17) is 0 Å². The lowest BCUT2D eigenvalue weighted by molar-refractivity contribution is 0.587. The molecule has 0 saturated carbocycles. The summed E-state index contributed by atoms with van der Waals surface area (Å²) >= 11 is 1.66. The second-order valence-electron chi connectivity index (χ2n) is 5.62. The Kier molecular flexibility index (Phi) is 5.32. The van der Waals surface area contributed by atoms with Gasteiger partial charge < -0.3 is 14.9 Å². The van der Waals surface area contributed by atoms with E-state index in [1.807, 2.05) is 29.0 Å². The van der Waals surface area contributed by atoms with Crippen LogP contribution in [0.15, 0.2) is 40.3 Å². The zero-order valence-corrected chi connectivity index (χ0v) is 14.7. The summed E-state index contributed by atoms with van der Waals surface area (Å²) in [7, 11) is 0. The highest BCUT2D eigenvalue weighted by molar-refractivity contribution is 7.98. The normalized spacial score (nSPS) is 11.2. The standard InChI is InChI=1S/C17H21N5OS/c1-3-6-22-11-19-21-16(22)10-18-9-13-7-12-4-5-14(24-2)8-15(12)20-17(13)23/h4-5,7-8,11,18H,3,6,9-10H2,1-2H3,(H,20,23). The molecule has 0 aliphatic heterocycles. The molecule has 0 radical (unpaired) electrons. The molecule has 2 aromatic heterocycles. The van der Waals surface area contributed by atoms with E-state index in [0.29, 0.717) is 13.1 Å². The lowest BCUT2D eigenvalue weighted by Gasteiger charge is -2.08. The number of pyridine rings is 1. The van der Waals surface area contributed by atoms with Gasteiger partial charge in [0.15, 0.2) is 0 Å². The first-order valence-electron chi connectivity index (χ1n) is 7.98. The summed E-state index contributed by atoms with van der Waals surface area (Å²) in [6.45, 7) is 4.10. The Hall–Kier alpha value is -2.12. The Labute approximate surface area is 144 Å². The molecular formula is C17H21N5OS. The van der Waals surface area contributed by atoms with E-state index >= 15 is 0 Å². The quantitative estimate of drug-likeness (QED) is 0.645. The number of thioether (sulfide) groups is 1. The Morgan fingerprint density at radius 2 is 2.17 bits per heavy atom. The molecule has 2 N–H and O–H groups in total. The molecule has 1 aromatic carbocycles. The van der Waals surface area contributed by atoms with Gasteiger partial charge in [0.2, 0.25) is 0 Å². The maximum Gasteiger partial charge on any atom is 0.252 e. The van der Waals surface area contributed by atoms with Gasteiger partial charge in [0.05, 0.1) is 6.54 Å². The van der Waals surface area contributed by atoms with Gasteiger partial charge in [-0.2, -0.15) is 0 Å². The fourth-order valence-electron chi connectivity index (χ4n) is 2.64. The van der Waals surface area contributed by atoms with Crippen molar-refractivity contribution in [3.63, 3.8) is 0 Å². The van der Waals surface area contributed by atoms with E-state index in [2.05, 4.69) is 33.5 Å². The molecule has 24 heavy (non-hydrogen) atoms. The van der Waals surface area contributed by atoms with Gasteiger partial charge in [0, 0.05) is 29.1 Å². The van der Waals surface area contributed by atoms with Crippen LogP contribution in [0.2, 0.25) is 0 Å². The molecule has 7 heteroatoms. The van der Waals surface area contributed by atoms with Crippen LogP contribution in [0.1, 0.15) is 24.7 Å². The van der Waals surface area contributed by atoms with Gasteiger partial charge in [-0.15, -0.1) is 22.0 Å². The summed E-state index contributed by atoms with van der Waals surface area (Å²) in [6.07, 6.45) is 4.80. The number of hydrogen-bond donors (Lipinski definition) is 2. The number of nitrogens with one attached hydrogen (secondary N) is 2. The lowest BCUT2D eigenvalue weighted by Crippen LogP contribution is -2.22. The predicted octanol–water partition coefficient (Wildman–Crippen LogP) is 2.54. The summed E-state index contributed by atoms with van der Waals surface area (Å²) in [6, 6.07) is 8.06. The van der Waals surface area contributed by atoms with Crippen molar-refractivity contribution in [2.24, 2.45) is 0 Å². The van der Waals surface area contributed by atoms with Crippen LogP contribution >= 0.6 is 11.8 Å². The van der Waals surface area contributed by atoms with E-state index in [0.717, 1.165) is 40.2 Å². The molecule has 0 saturated heterocycles. The Bertz CT molecular complexity index is 886. The first-order chi connectivity index (χ1) is 11.7. The summed E-state index contributed by atoms with van der Waals surface area (Å²) in [4.78, 5) is 16.4. The van der Waals surface area contributed by atoms with Crippen LogP contribution in [0.25, 0.3) is 10.9 Å². The van der Waals surface area contributed by atoms with Crippen molar-refractivity contribution in [3.8, 4) is 0 Å². The molecule has 0 aliphatic carbocycles. The van der Waals surface area contributed by atoms with Gasteiger partial charge in [0.1, 0.15) is 12.2 Å². The monoisotopic (exact) mass is 343 g/mol. The first-order valence-corrected chi connectivity index (χ1v) is 9.21. The lowest BCUT2D eigenvalue weighted by atomic mass is 10.1. The van der Waals surface area contributed by atoms with Gasteiger partial charge in [-0.25, -0.2) is 0 Å². The van der Waals surface area contributed by atoms with Crippen molar-refractivity contribution in [1.29, 1.82) is 0 Å². The van der Waals surface area contributed by atoms with Gasteiger partial charge in [-0.3, -0.25) is 4.79 Å². The second-order valence-corrected chi connectivity index (χ2v) is 6.50. The highest BCUT2D eigenvalue weighted by atomic mass is 32.2. The smallest absolute Gasteiger partial charge is 0.252 e. The summed E-state index contributed by atoms with van der Waals surface area (Å²) in [5.41, 5.74) is 1.54. The van der Waals surface area contributed by atoms with E-state index in [1.54, 1.807) is 18.1 Å². The molecule has 0 fully saturated rings. The third-order valence-electron chi connectivity index (χ3n) is 3.89. The maximum atomic E-state index is 12.3. The molecule has 0 atom stereocenters. The highest BCUT2D eigenvalue weighted by Crippen LogP contribution is 2.20. The largest absolute Gasteiger partial charge is 0.322 e. The Balaban J connectivity index is 1.72. The van der Waals surface area contributed by atoms with E-state index in [-0.39, 0.29) is 5.56 Å². The number of benzene rings is 1. The molecule has 0 amide bonds. The molecule has 3 aromatic rings. The fourth-order valence-corrected chi connectivity index (χ4v) is 3.08. The summed E-state index contributed by atoms with van der Waals surface area (Å²) in [5, 5.41) is 12.4. The number of H-pyrrole nitrogens is 1. The van der Waals surface area contributed by atoms with Crippen molar-refractivity contribution < 1.29 is 0 Å². The van der Waals surface area contributed by atoms with Crippen LogP contribution in [-0.4, -0.2) is 26.0 Å². The Morgan fingerprint density at radius 1 is 1.29 bits per heavy atom. The molecule has 0 unspecified atom stereocenters. The third kappa shape index (κ3) is 3.68. The van der Waals surface area contributed by atoms with Crippen molar-refractivity contribution in [1.82, 2.24) is 25.1 Å². The number of nitrogens with zero attached hydrogens (tertiary/aromatic N) is 3. The molecule has 0 bridgehead atoms. The minimum Gasteiger partial charge on any atom is -0.322 e. The second kappa shape index (κ2) is 7.63. The van der Waals surface area contributed by atoms with Crippen LogP contribution in [0, 0.1) is 0 Å². The van der Waals surface area contributed by atoms with Gasteiger partial charge in [-0.05, 0) is 36.3 Å². The minimum atomic E-state index is -0.0525. The average Bonchev–Trinajstić information content (AvgIpc) is 3.02.